The van der Waals surface area contributed by atoms with E-state index in [0.29, 0.717) is 11.6 Å². The molecule has 0 fully saturated rings. The van der Waals surface area contributed by atoms with Gasteiger partial charge in [0.25, 0.3) is 0 Å². The monoisotopic (exact) mass is 304 g/mol. The molecule has 3 N–H and O–H groups in total. The quantitative estimate of drug-likeness (QED) is 0.804. The number of aliphatic hydroxyl groups excluding tert-OH is 1. The van der Waals surface area contributed by atoms with Crippen LogP contribution in [0.3, 0.4) is 0 Å². The summed E-state index contributed by atoms with van der Waals surface area (Å²) in [4.78, 5) is 11.7. The molecule has 0 bridgehead atoms. The number of hydrogen-bond acceptors (Lipinski definition) is 5. The highest BCUT2D eigenvalue weighted by Gasteiger charge is 2.16. The fourth-order valence-corrected chi connectivity index (χ4v) is 1.73. The lowest BCUT2D eigenvalue weighted by Gasteiger charge is -2.16. The van der Waals surface area contributed by atoms with Crippen LogP contribution in [0, 0.1) is 0 Å². The molecule has 2 aromatic rings. The van der Waals surface area contributed by atoms with Crippen LogP contribution < -0.4 is 10.6 Å². The lowest BCUT2D eigenvalue weighted by atomic mass is 9.92. The molecule has 0 aliphatic rings. The van der Waals surface area contributed by atoms with Crippen LogP contribution in [0.4, 0.5) is 10.6 Å². The fourth-order valence-electron chi connectivity index (χ4n) is 1.73. The van der Waals surface area contributed by atoms with Crippen LogP contribution in [0.25, 0.3) is 0 Å². The molecule has 2 amide bonds. The summed E-state index contributed by atoms with van der Waals surface area (Å²) in [5, 5.41) is 22.9. The molecule has 7 heteroatoms. The number of hydrogen-bond donors (Lipinski definition) is 3. The Morgan fingerprint density at radius 2 is 2.09 bits per heavy atom. The number of amides is 2. The Morgan fingerprint density at radius 3 is 2.64 bits per heavy atom. The first-order valence-corrected chi connectivity index (χ1v) is 6.97. The first-order chi connectivity index (χ1) is 10.4. The summed E-state index contributed by atoms with van der Waals surface area (Å²) in [5.41, 5.74) is 0.743. The Bertz CT molecular complexity index is 603. The first-order valence-electron chi connectivity index (χ1n) is 6.97. The number of nitrogens with one attached hydrogen (secondary N) is 2. The van der Waals surface area contributed by atoms with Gasteiger partial charge in [-0.15, -0.1) is 5.10 Å². The lowest BCUT2D eigenvalue weighted by Crippen LogP contribution is -2.32. The molecule has 0 saturated heterocycles. The normalized spacial score (nSPS) is 12.7. The van der Waals surface area contributed by atoms with Gasteiger partial charge < -0.3 is 14.8 Å². The molecular formula is C15H20N4O3. The van der Waals surface area contributed by atoms with Gasteiger partial charge in [0, 0.05) is 5.41 Å². The number of aromatic nitrogens is 2. The van der Waals surface area contributed by atoms with E-state index in [1.54, 1.807) is 18.2 Å². The minimum absolute atomic E-state index is 0.0346. The second kappa shape index (κ2) is 6.57. The van der Waals surface area contributed by atoms with Gasteiger partial charge in [-0.2, -0.15) is 5.10 Å². The van der Waals surface area contributed by atoms with Gasteiger partial charge >= 0.3 is 6.03 Å². The van der Waals surface area contributed by atoms with Crippen LogP contribution >= 0.6 is 0 Å². The molecule has 0 aromatic carbocycles. The third kappa shape index (κ3) is 4.29. The summed E-state index contributed by atoms with van der Waals surface area (Å²) < 4.78 is 5.05. The lowest BCUT2D eigenvalue weighted by molar-refractivity contribution is 0.149. The van der Waals surface area contributed by atoms with Gasteiger partial charge in [0.15, 0.2) is 5.82 Å². The van der Waals surface area contributed by atoms with Crippen LogP contribution in [-0.4, -0.2) is 27.9 Å². The molecular weight excluding hydrogens is 284 g/mol. The number of urea groups is 1. The highest BCUT2D eigenvalue weighted by atomic mass is 16.4. The third-order valence-electron chi connectivity index (χ3n) is 3.00. The van der Waals surface area contributed by atoms with Crippen molar-refractivity contribution >= 4 is 11.8 Å². The second-order valence-corrected chi connectivity index (χ2v) is 5.92. The average Bonchev–Trinajstić information content (AvgIpc) is 2.98. The third-order valence-corrected chi connectivity index (χ3v) is 3.00. The molecule has 22 heavy (non-hydrogen) atoms. The van der Waals surface area contributed by atoms with Crippen LogP contribution in [0.15, 0.2) is 34.9 Å². The van der Waals surface area contributed by atoms with Gasteiger partial charge in [-0.05, 0) is 24.3 Å². The minimum Gasteiger partial charge on any atom is -0.467 e. The average molecular weight is 304 g/mol. The van der Waals surface area contributed by atoms with E-state index < -0.39 is 12.1 Å². The maximum absolute atomic E-state index is 11.7. The molecule has 0 aliphatic carbocycles. The number of carbonyl (C=O) groups excluding carboxylic acids is 1. The van der Waals surface area contributed by atoms with Crippen molar-refractivity contribution in [3.8, 4) is 0 Å². The van der Waals surface area contributed by atoms with Crippen molar-refractivity contribution in [1.82, 2.24) is 15.5 Å². The highest BCUT2D eigenvalue weighted by Crippen LogP contribution is 2.19. The predicted molar refractivity (Wildman–Crippen MR) is 81.4 cm³/mol. The summed E-state index contributed by atoms with van der Waals surface area (Å²) in [6.45, 7) is 6.14. The van der Waals surface area contributed by atoms with E-state index in [-0.39, 0.29) is 12.0 Å². The summed E-state index contributed by atoms with van der Waals surface area (Å²) in [5.74, 6) is 0.743. The topological polar surface area (TPSA) is 100 Å². The van der Waals surface area contributed by atoms with Gasteiger partial charge in [0.2, 0.25) is 0 Å². The molecule has 1 unspecified atom stereocenters. The first kappa shape index (κ1) is 16.0. The van der Waals surface area contributed by atoms with E-state index >= 15 is 0 Å². The van der Waals surface area contributed by atoms with Gasteiger partial charge in [0.1, 0.15) is 11.9 Å². The van der Waals surface area contributed by atoms with Gasteiger partial charge in [-0.1, -0.05) is 20.8 Å². The molecule has 2 heterocycles. The number of rotatable bonds is 4. The Labute approximate surface area is 128 Å². The van der Waals surface area contributed by atoms with Crippen molar-refractivity contribution in [2.45, 2.75) is 32.3 Å². The summed E-state index contributed by atoms with van der Waals surface area (Å²) in [6, 6.07) is 6.35. The van der Waals surface area contributed by atoms with Crippen molar-refractivity contribution in [2.75, 3.05) is 11.9 Å². The molecule has 2 aromatic heterocycles. The van der Waals surface area contributed by atoms with E-state index in [1.165, 1.54) is 6.26 Å². The number of furan rings is 1. The van der Waals surface area contributed by atoms with Crippen LogP contribution in [0.2, 0.25) is 0 Å². The molecule has 0 radical (unpaired) electrons. The summed E-state index contributed by atoms with van der Waals surface area (Å²) in [6.07, 6.45) is 0.570. The van der Waals surface area contributed by atoms with E-state index in [9.17, 15) is 9.90 Å². The van der Waals surface area contributed by atoms with E-state index in [1.807, 2.05) is 26.8 Å². The fraction of sp³-hybridized carbons (Fsp3) is 0.400. The number of carbonyl (C=O) groups is 1. The molecule has 0 spiro atoms. The van der Waals surface area contributed by atoms with E-state index in [0.717, 1.165) is 5.69 Å². The second-order valence-electron chi connectivity index (χ2n) is 5.92. The molecule has 118 valence electrons. The van der Waals surface area contributed by atoms with Crippen molar-refractivity contribution in [1.29, 1.82) is 0 Å². The van der Waals surface area contributed by atoms with Crippen LogP contribution in [0.5, 0.6) is 0 Å². The smallest absolute Gasteiger partial charge is 0.320 e. The summed E-state index contributed by atoms with van der Waals surface area (Å²) >= 11 is 0. The molecule has 0 aliphatic heterocycles. The highest BCUT2D eigenvalue weighted by molar-refractivity contribution is 5.88. The van der Waals surface area contributed by atoms with E-state index in [4.69, 9.17) is 4.42 Å². The maximum atomic E-state index is 11.7. The Hall–Kier alpha value is -2.41. The SMILES string of the molecule is CC(C)(C)c1ccc(NC(=O)NCC(O)c2ccco2)nn1. The van der Waals surface area contributed by atoms with Crippen molar-refractivity contribution in [3.05, 3.63) is 42.0 Å². The standard InChI is InChI=1S/C15H20N4O3/c1-15(2,3)12-6-7-13(19-18-12)17-14(21)16-9-10(20)11-5-4-8-22-11/h4-8,10,20H,9H2,1-3H3,(H2,16,17,19,21). The van der Waals surface area contributed by atoms with E-state index in [2.05, 4.69) is 20.8 Å². The Morgan fingerprint density at radius 1 is 1.32 bits per heavy atom. The number of aliphatic hydroxyl groups is 1. The maximum Gasteiger partial charge on any atom is 0.320 e. The van der Waals surface area contributed by atoms with Gasteiger partial charge in [-0.3, -0.25) is 5.32 Å². The van der Waals surface area contributed by atoms with Crippen molar-refractivity contribution in [3.63, 3.8) is 0 Å². The van der Waals surface area contributed by atoms with Crippen molar-refractivity contribution < 1.29 is 14.3 Å². The molecule has 1 atom stereocenters. The largest absolute Gasteiger partial charge is 0.467 e. The zero-order valence-corrected chi connectivity index (χ0v) is 12.8. The zero-order chi connectivity index (χ0) is 16.2. The molecule has 7 nitrogen and oxygen atoms in total. The molecule has 2 rings (SSSR count). The zero-order valence-electron chi connectivity index (χ0n) is 12.8. The van der Waals surface area contributed by atoms with Crippen LogP contribution in [-0.2, 0) is 5.41 Å². The van der Waals surface area contributed by atoms with Crippen LogP contribution in [0.1, 0.15) is 38.3 Å². The number of nitrogens with zero attached hydrogens (tertiary/aromatic N) is 2. The predicted octanol–water partition coefficient (Wildman–Crippen LogP) is 2.22. The van der Waals surface area contributed by atoms with Gasteiger partial charge in [-0.25, -0.2) is 4.79 Å². The Balaban J connectivity index is 1.84. The Kier molecular flexibility index (Phi) is 4.77. The van der Waals surface area contributed by atoms with Gasteiger partial charge in [0.05, 0.1) is 18.5 Å². The minimum atomic E-state index is -0.893. The summed E-state index contributed by atoms with van der Waals surface area (Å²) in [7, 11) is 0. The van der Waals surface area contributed by atoms with Crippen molar-refractivity contribution in [2.24, 2.45) is 0 Å². The molecule has 0 saturated carbocycles. The number of anilines is 1.